The Morgan fingerprint density at radius 3 is 2.67 bits per heavy atom. The van der Waals surface area contributed by atoms with Gasteiger partial charge in [0.2, 0.25) is 15.9 Å². The zero-order chi connectivity index (χ0) is 25.1. The maximum Gasteiger partial charge on any atom is 0.243 e. The molecular weight excluding hydrogens is 504 g/mol. The topological polar surface area (TPSA) is 132 Å². The minimum absolute atomic E-state index is 0.127. The summed E-state index contributed by atoms with van der Waals surface area (Å²) in [4.78, 5) is 12.7. The lowest BCUT2D eigenvalue weighted by molar-refractivity contribution is -0.113. The number of nitrogens with zero attached hydrogens (tertiary/aromatic N) is 5. The van der Waals surface area contributed by atoms with E-state index in [1.807, 2.05) is 6.07 Å². The quantitative estimate of drug-likeness (QED) is 0.435. The molecule has 2 aliphatic rings. The van der Waals surface area contributed by atoms with Gasteiger partial charge in [0.1, 0.15) is 5.76 Å². The second kappa shape index (κ2) is 10.7. The monoisotopic (exact) mass is 532 g/mol. The third kappa shape index (κ3) is 5.33. The molecule has 1 amide bonds. The summed E-state index contributed by atoms with van der Waals surface area (Å²) in [5, 5.41) is 16.0. The Hall–Kier alpha value is -2.74. The van der Waals surface area contributed by atoms with Gasteiger partial charge in [0.05, 0.1) is 23.9 Å². The Kier molecular flexibility index (Phi) is 7.42. The fourth-order valence-electron chi connectivity index (χ4n) is 4.53. The molecule has 3 aromatic rings. The molecule has 1 saturated carbocycles. The summed E-state index contributed by atoms with van der Waals surface area (Å²) in [5.41, 5.74) is 0.679. The third-order valence-electron chi connectivity index (χ3n) is 6.28. The number of morpholine rings is 1. The van der Waals surface area contributed by atoms with Crippen molar-refractivity contribution in [2.24, 2.45) is 0 Å². The van der Waals surface area contributed by atoms with Crippen LogP contribution in [0.4, 0.5) is 5.82 Å². The van der Waals surface area contributed by atoms with E-state index in [4.69, 9.17) is 9.26 Å². The minimum Gasteiger partial charge on any atom is -0.379 e. The molecule has 11 nitrogen and oxygen atoms in total. The molecule has 3 heterocycles. The highest BCUT2D eigenvalue weighted by Crippen LogP contribution is 2.37. The van der Waals surface area contributed by atoms with Crippen LogP contribution in [0.1, 0.15) is 37.5 Å². The van der Waals surface area contributed by atoms with Crippen molar-refractivity contribution in [3.63, 3.8) is 0 Å². The predicted molar refractivity (Wildman–Crippen MR) is 133 cm³/mol. The summed E-state index contributed by atoms with van der Waals surface area (Å²) in [6.07, 6.45) is 4.16. The lowest BCUT2D eigenvalue weighted by Gasteiger charge is -2.26. The summed E-state index contributed by atoms with van der Waals surface area (Å²) in [5.74, 6) is 1.49. The van der Waals surface area contributed by atoms with Gasteiger partial charge >= 0.3 is 0 Å². The maximum absolute atomic E-state index is 13.2. The standard InChI is InChI=1S/C23H28N6O5S2/c1-16-13-20(27-34-16)24-21(30)15-35-23-26-25-22(29(23)18-6-2-3-7-18)17-5-4-8-19(14-17)36(31,32)28-9-11-33-12-10-28/h4-5,8,13-14,18H,2-3,6-7,9-12,15H2,1H3,(H,24,27,30). The Labute approximate surface area is 213 Å². The van der Waals surface area contributed by atoms with Crippen molar-refractivity contribution < 1.29 is 22.5 Å². The highest BCUT2D eigenvalue weighted by Gasteiger charge is 2.29. The van der Waals surface area contributed by atoms with Gasteiger partial charge in [-0.1, -0.05) is 41.9 Å². The predicted octanol–water partition coefficient (Wildman–Crippen LogP) is 3.11. The number of thioether (sulfide) groups is 1. The average Bonchev–Trinajstić information content (AvgIpc) is 3.64. The highest BCUT2D eigenvalue weighted by atomic mass is 32.2. The first-order chi connectivity index (χ1) is 17.4. The van der Waals surface area contributed by atoms with E-state index in [2.05, 4.69) is 25.2 Å². The fourth-order valence-corrected chi connectivity index (χ4v) is 6.79. The first-order valence-corrected chi connectivity index (χ1v) is 14.3. The molecule has 1 N–H and O–H groups in total. The number of amides is 1. The zero-order valence-electron chi connectivity index (χ0n) is 19.9. The number of carbonyl (C=O) groups is 1. The largest absolute Gasteiger partial charge is 0.379 e. The van der Waals surface area contributed by atoms with Gasteiger partial charge in [0, 0.05) is 30.8 Å². The number of nitrogens with one attached hydrogen (secondary N) is 1. The van der Waals surface area contributed by atoms with Crippen molar-refractivity contribution in [3.8, 4) is 11.4 Å². The zero-order valence-corrected chi connectivity index (χ0v) is 21.6. The van der Waals surface area contributed by atoms with Gasteiger partial charge in [0.25, 0.3) is 0 Å². The number of hydrogen-bond donors (Lipinski definition) is 1. The lowest BCUT2D eigenvalue weighted by Crippen LogP contribution is -2.40. The van der Waals surface area contributed by atoms with Gasteiger partial charge < -0.3 is 14.6 Å². The molecule has 0 atom stereocenters. The second-order valence-corrected chi connectivity index (χ2v) is 11.7. The average molecular weight is 533 g/mol. The number of sulfonamides is 1. The van der Waals surface area contributed by atoms with Gasteiger partial charge in [-0.3, -0.25) is 9.36 Å². The SMILES string of the molecule is Cc1cc(NC(=O)CSc2nnc(-c3cccc(S(=O)(=O)N4CCOCC4)c3)n2C2CCCC2)no1. The summed E-state index contributed by atoms with van der Waals surface area (Å²) >= 11 is 1.29. The second-order valence-electron chi connectivity index (χ2n) is 8.82. The van der Waals surface area contributed by atoms with E-state index < -0.39 is 10.0 Å². The molecule has 2 aromatic heterocycles. The first kappa shape index (κ1) is 24.9. The lowest BCUT2D eigenvalue weighted by atomic mass is 10.2. The Balaban J connectivity index is 1.40. The van der Waals surface area contributed by atoms with E-state index in [0.29, 0.717) is 54.4 Å². The van der Waals surface area contributed by atoms with Gasteiger partial charge in [-0.2, -0.15) is 4.31 Å². The van der Waals surface area contributed by atoms with Gasteiger partial charge in [-0.25, -0.2) is 8.42 Å². The van der Waals surface area contributed by atoms with E-state index >= 15 is 0 Å². The number of aromatic nitrogens is 4. The fraction of sp³-hybridized carbons (Fsp3) is 0.478. The van der Waals surface area contributed by atoms with Crippen LogP contribution in [-0.2, 0) is 19.6 Å². The smallest absolute Gasteiger partial charge is 0.243 e. The minimum atomic E-state index is -3.64. The van der Waals surface area contributed by atoms with Crippen molar-refractivity contribution in [1.29, 1.82) is 0 Å². The number of aryl methyl sites for hydroxylation is 1. The van der Waals surface area contributed by atoms with E-state index in [1.165, 1.54) is 16.1 Å². The van der Waals surface area contributed by atoms with Crippen molar-refractivity contribution in [2.75, 3.05) is 37.4 Å². The van der Waals surface area contributed by atoms with Crippen LogP contribution >= 0.6 is 11.8 Å². The summed E-state index contributed by atoms with van der Waals surface area (Å²) in [7, 11) is -3.64. The summed E-state index contributed by atoms with van der Waals surface area (Å²) in [6, 6.07) is 8.70. The van der Waals surface area contributed by atoms with Crippen LogP contribution in [0.15, 0.2) is 44.9 Å². The molecule has 0 bridgehead atoms. The Morgan fingerprint density at radius 1 is 1.17 bits per heavy atom. The van der Waals surface area contributed by atoms with Crippen LogP contribution in [0, 0.1) is 6.92 Å². The molecule has 1 saturated heterocycles. The van der Waals surface area contributed by atoms with Crippen LogP contribution in [0.25, 0.3) is 11.4 Å². The molecule has 0 radical (unpaired) electrons. The van der Waals surface area contributed by atoms with E-state index in [0.717, 1.165) is 25.7 Å². The van der Waals surface area contributed by atoms with Crippen LogP contribution in [-0.4, -0.2) is 70.6 Å². The van der Waals surface area contributed by atoms with Crippen LogP contribution in [0.3, 0.4) is 0 Å². The number of hydrogen-bond acceptors (Lipinski definition) is 9. The van der Waals surface area contributed by atoms with Gasteiger partial charge in [-0.05, 0) is 31.9 Å². The van der Waals surface area contributed by atoms with Crippen molar-refractivity contribution >= 4 is 33.5 Å². The maximum atomic E-state index is 13.2. The molecule has 0 spiro atoms. The van der Waals surface area contributed by atoms with E-state index in [9.17, 15) is 13.2 Å². The van der Waals surface area contributed by atoms with Crippen LogP contribution in [0.5, 0.6) is 0 Å². The molecule has 0 unspecified atom stereocenters. The van der Waals surface area contributed by atoms with Gasteiger partial charge in [-0.15, -0.1) is 10.2 Å². The highest BCUT2D eigenvalue weighted by molar-refractivity contribution is 7.99. The number of carbonyl (C=O) groups excluding carboxylic acids is 1. The molecule has 1 aromatic carbocycles. The van der Waals surface area contributed by atoms with E-state index in [-0.39, 0.29) is 22.6 Å². The summed E-state index contributed by atoms with van der Waals surface area (Å²) < 4.78 is 40.2. The number of anilines is 1. The number of benzene rings is 1. The third-order valence-corrected chi connectivity index (χ3v) is 9.12. The van der Waals surface area contributed by atoms with Crippen LogP contribution < -0.4 is 5.32 Å². The Morgan fingerprint density at radius 2 is 1.94 bits per heavy atom. The number of rotatable bonds is 8. The number of ether oxygens (including phenoxy) is 1. The van der Waals surface area contributed by atoms with Gasteiger partial charge in [0.15, 0.2) is 16.8 Å². The molecular formula is C23H28N6O5S2. The first-order valence-electron chi connectivity index (χ1n) is 11.9. The van der Waals surface area contributed by atoms with E-state index in [1.54, 1.807) is 31.2 Å². The molecule has 1 aliphatic carbocycles. The molecule has 13 heteroatoms. The molecule has 36 heavy (non-hydrogen) atoms. The van der Waals surface area contributed by atoms with Crippen LogP contribution in [0.2, 0.25) is 0 Å². The molecule has 192 valence electrons. The summed E-state index contributed by atoms with van der Waals surface area (Å²) in [6.45, 7) is 3.20. The normalized spacial score (nSPS) is 17.5. The van der Waals surface area contributed by atoms with Crippen molar-refractivity contribution in [3.05, 3.63) is 36.1 Å². The Bertz CT molecular complexity index is 1330. The molecule has 5 rings (SSSR count). The van der Waals surface area contributed by atoms with Crippen molar-refractivity contribution in [2.45, 2.75) is 48.7 Å². The molecule has 1 aliphatic heterocycles. The van der Waals surface area contributed by atoms with Crippen molar-refractivity contribution in [1.82, 2.24) is 24.2 Å². The molecule has 2 fully saturated rings.